The van der Waals surface area contributed by atoms with Crippen molar-refractivity contribution in [1.82, 2.24) is 30.1 Å². The fraction of sp³-hybridized carbons (Fsp3) is 0.650. The van der Waals surface area contributed by atoms with E-state index in [2.05, 4.69) is 42.0 Å². The molecule has 0 amide bonds. The topological polar surface area (TPSA) is 69.8 Å². The Labute approximate surface area is 162 Å². The molecule has 7 heteroatoms. The number of likely N-dealkylation sites (tertiary alicyclic amines) is 1. The molecule has 0 aliphatic carbocycles. The van der Waals surface area contributed by atoms with Crippen LogP contribution in [0.1, 0.15) is 38.4 Å². The summed E-state index contributed by atoms with van der Waals surface area (Å²) in [5, 5.41) is 15.3. The molecule has 1 aliphatic heterocycles. The number of nitrogens with zero attached hydrogens (tertiary/aromatic N) is 5. The molecule has 2 aromatic heterocycles. The van der Waals surface area contributed by atoms with Gasteiger partial charge in [-0.3, -0.25) is 9.39 Å². The monoisotopic (exact) mass is 371 g/mol. The van der Waals surface area contributed by atoms with Crippen molar-refractivity contribution in [3.05, 3.63) is 30.2 Å². The van der Waals surface area contributed by atoms with Gasteiger partial charge in [-0.05, 0) is 63.4 Å². The van der Waals surface area contributed by atoms with E-state index in [9.17, 15) is 0 Å². The summed E-state index contributed by atoms with van der Waals surface area (Å²) in [6.07, 6.45) is 7.74. The number of aliphatic imine (C=N–C) groups is 1. The Morgan fingerprint density at radius 2 is 1.93 bits per heavy atom. The number of piperidine rings is 1. The highest BCUT2D eigenvalue weighted by atomic mass is 15.2. The first-order valence-electron chi connectivity index (χ1n) is 10.2. The van der Waals surface area contributed by atoms with Gasteiger partial charge in [0.1, 0.15) is 5.82 Å². The predicted octanol–water partition coefficient (Wildman–Crippen LogP) is 1.95. The zero-order valence-electron chi connectivity index (χ0n) is 16.7. The van der Waals surface area contributed by atoms with E-state index in [-0.39, 0.29) is 0 Å². The molecule has 0 saturated carbocycles. The van der Waals surface area contributed by atoms with E-state index >= 15 is 0 Å². The molecule has 0 aromatic carbocycles. The number of hydrogen-bond donors (Lipinski definition) is 2. The van der Waals surface area contributed by atoms with Crippen molar-refractivity contribution in [3.8, 4) is 0 Å². The van der Waals surface area contributed by atoms with Crippen LogP contribution in [-0.4, -0.2) is 65.2 Å². The van der Waals surface area contributed by atoms with E-state index in [4.69, 9.17) is 0 Å². The molecule has 3 heterocycles. The van der Waals surface area contributed by atoms with E-state index in [0.717, 1.165) is 55.7 Å². The SMILES string of the molecule is CN=C(NCCCc1nnc2ccccn12)NCCCN1CCC(C)CC1. The third-order valence-corrected chi connectivity index (χ3v) is 5.30. The van der Waals surface area contributed by atoms with Crippen LogP contribution < -0.4 is 10.6 Å². The van der Waals surface area contributed by atoms with Crippen molar-refractivity contribution in [2.75, 3.05) is 39.8 Å². The summed E-state index contributed by atoms with van der Waals surface area (Å²) in [6.45, 7) is 7.87. The maximum Gasteiger partial charge on any atom is 0.190 e. The van der Waals surface area contributed by atoms with Crippen LogP contribution in [0.2, 0.25) is 0 Å². The van der Waals surface area contributed by atoms with Crippen LogP contribution in [0.25, 0.3) is 5.65 Å². The van der Waals surface area contributed by atoms with Crippen molar-refractivity contribution in [2.24, 2.45) is 10.9 Å². The fourth-order valence-electron chi connectivity index (χ4n) is 3.53. The molecule has 148 valence electrons. The van der Waals surface area contributed by atoms with Gasteiger partial charge in [-0.25, -0.2) is 0 Å². The van der Waals surface area contributed by atoms with Gasteiger partial charge in [-0.1, -0.05) is 13.0 Å². The number of aryl methyl sites for hydroxylation is 1. The highest BCUT2D eigenvalue weighted by molar-refractivity contribution is 5.79. The van der Waals surface area contributed by atoms with E-state index in [1.807, 2.05) is 31.4 Å². The minimum atomic E-state index is 0.867. The Bertz CT molecular complexity index is 716. The lowest BCUT2D eigenvalue weighted by atomic mass is 9.99. The molecular formula is C20H33N7. The maximum absolute atomic E-state index is 4.31. The molecule has 0 spiro atoms. The van der Waals surface area contributed by atoms with Crippen molar-refractivity contribution in [2.45, 2.75) is 39.0 Å². The van der Waals surface area contributed by atoms with Gasteiger partial charge in [0, 0.05) is 32.8 Å². The Morgan fingerprint density at radius 3 is 2.70 bits per heavy atom. The molecule has 27 heavy (non-hydrogen) atoms. The van der Waals surface area contributed by atoms with Gasteiger partial charge in [0.05, 0.1) is 0 Å². The van der Waals surface area contributed by atoms with Crippen molar-refractivity contribution in [1.29, 1.82) is 0 Å². The predicted molar refractivity (Wildman–Crippen MR) is 110 cm³/mol. The van der Waals surface area contributed by atoms with Gasteiger partial charge in [0.2, 0.25) is 0 Å². The lowest BCUT2D eigenvalue weighted by molar-refractivity contribution is 0.191. The molecule has 0 radical (unpaired) electrons. The van der Waals surface area contributed by atoms with Crippen LogP contribution in [-0.2, 0) is 6.42 Å². The number of rotatable bonds is 8. The number of nitrogens with one attached hydrogen (secondary N) is 2. The summed E-state index contributed by atoms with van der Waals surface area (Å²) in [5.74, 6) is 2.79. The van der Waals surface area contributed by atoms with Crippen LogP contribution in [0, 0.1) is 5.92 Å². The van der Waals surface area contributed by atoms with Gasteiger partial charge < -0.3 is 15.5 Å². The minimum absolute atomic E-state index is 0.867. The zero-order valence-corrected chi connectivity index (χ0v) is 16.7. The summed E-state index contributed by atoms with van der Waals surface area (Å²) in [6, 6.07) is 5.97. The smallest absolute Gasteiger partial charge is 0.190 e. The third-order valence-electron chi connectivity index (χ3n) is 5.30. The maximum atomic E-state index is 4.31. The summed E-state index contributed by atoms with van der Waals surface area (Å²) in [7, 11) is 1.83. The van der Waals surface area contributed by atoms with E-state index < -0.39 is 0 Å². The normalized spacial score (nSPS) is 16.7. The van der Waals surface area contributed by atoms with E-state index in [1.54, 1.807) is 0 Å². The number of pyridine rings is 1. The first kappa shape index (κ1) is 19.6. The Morgan fingerprint density at radius 1 is 1.15 bits per heavy atom. The molecule has 1 saturated heterocycles. The lowest BCUT2D eigenvalue weighted by Gasteiger charge is -2.30. The van der Waals surface area contributed by atoms with Gasteiger partial charge in [0.25, 0.3) is 0 Å². The van der Waals surface area contributed by atoms with Crippen LogP contribution in [0.5, 0.6) is 0 Å². The second-order valence-corrected chi connectivity index (χ2v) is 7.45. The highest BCUT2D eigenvalue weighted by Crippen LogP contribution is 2.15. The molecule has 2 aromatic rings. The molecule has 2 N–H and O–H groups in total. The Kier molecular flexibility index (Phi) is 7.45. The Balaban J connectivity index is 1.29. The quantitative estimate of drug-likeness (QED) is 0.422. The molecule has 0 atom stereocenters. The number of aromatic nitrogens is 3. The minimum Gasteiger partial charge on any atom is -0.356 e. The number of hydrogen-bond acceptors (Lipinski definition) is 4. The average molecular weight is 372 g/mol. The van der Waals surface area contributed by atoms with Gasteiger partial charge >= 0.3 is 0 Å². The van der Waals surface area contributed by atoms with Gasteiger partial charge in [-0.2, -0.15) is 0 Å². The Hall–Kier alpha value is -2.15. The number of guanidine groups is 1. The van der Waals surface area contributed by atoms with Gasteiger partial charge in [-0.15, -0.1) is 10.2 Å². The molecule has 7 nitrogen and oxygen atoms in total. The summed E-state index contributed by atoms with van der Waals surface area (Å²) < 4.78 is 2.05. The van der Waals surface area contributed by atoms with Gasteiger partial charge in [0.15, 0.2) is 11.6 Å². The van der Waals surface area contributed by atoms with E-state index in [1.165, 1.54) is 32.5 Å². The van der Waals surface area contributed by atoms with Crippen LogP contribution in [0.15, 0.2) is 29.4 Å². The number of fused-ring (bicyclic) bond motifs is 1. The summed E-state index contributed by atoms with van der Waals surface area (Å²) in [4.78, 5) is 6.90. The second kappa shape index (κ2) is 10.3. The van der Waals surface area contributed by atoms with Crippen molar-refractivity contribution < 1.29 is 0 Å². The third kappa shape index (κ3) is 5.92. The first-order valence-corrected chi connectivity index (χ1v) is 10.2. The van der Waals surface area contributed by atoms with Crippen molar-refractivity contribution >= 4 is 11.6 Å². The molecular weight excluding hydrogens is 338 g/mol. The van der Waals surface area contributed by atoms with Crippen molar-refractivity contribution in [3.63, 3.8) is 0 Å². The lowest BCUT2D eigenvalue weighted by Crippen LogP contribution is -2.40. The standard InChI is InChI=1S/C20H33N7/c1-17-9-15-26(16-10-17)13-6-12-23-20(21-2)22-11-5-8-19-25-24-18-7-3-4-14-27(18)19/h3-4,7,14,17H,5-6,8-13,15-16H2,1-2H3,(H2,21,22,23). The highest BCUT2D eigenvalue weighted by Gasteiger charge is 2.14. The molecule has 0 bridgehead atoms. The molecule has 0 unspecified atom stereocenters. The average Bonchev–Trinajstić information content (AvgIpc) is 3.11. The van der Waals surface area contributed by atoms with Crippen LogP contribution in [0.4, 0.5) is 0 Å². The summed E-state index contributed by atoms with van der Waals surface area (Å²) >= 11 is 0. The summed E-state index contributed by atoms with van der Waals surface area (Å²) in [5.41, 5.74) is 0.904. The largest absolute Gasteiger partial charge is 0.356 e. The molecule has 3 rings (SSSR count). The first-order chi connectivity index (χ1) is 13.3. The molecule has 1 fully saturated rings. The van der Waals surface area contributed by atoms with E-state index in [0.29, 0.717) is 0 Å². The van der Waals surface area contributed by atoms with Crippen LogP contribution >= 0.6 is 0 Å². The fourth-order valence-corrected chi connectivity index (χ4v) is 3.53. The second-order valence-electron chi connectivity index (χ2n) is 7.45. The van der Waals surface area contributed by atoms with Crippen LogP contribution in [0.3, 0.4) is 0 Å². The molecule has 1 aliphatic rings. The zero-order chi connectivity index (χ0) is 18.9.